The van der Waals surface area contributed by atoms with Gasteiger partial charge in [-0.3, -0.25) is 4.55 Å². The van der Waals surface area contributed by atoms with E-state index in [0.29, 0.717) is 23.0 Å². The molecule has 0 spiro atoms. The summed E-state index contributed by atoms with van der Waals surface area (Å²) in [5.41, 5.74) is 1.93. The van der Waals surface area contributed by atoms with Crippen LogP contribution in [0.1, 0.15) is 89.2 Å². The van der Waals surface area contributed by atoms with E-state index in [1.165, 1.54) is 99.2 Å². The van der Waals surface area contributed by atoms with E-state index in [4.69, 9.17) is 14.0 Å². The van der Waals surface area contributed by atoms with Gasteiger partial charge in [-0.25, -0.2) is 8.42 Å². The Morgan fingerprint density at radius 3 is 1.47 bits per heavy atom. The van der Waals surface area contributed by atoms with Gasteiger partial charge in [0, 0.05) is 6.07 Å². The van der Waals surface area contributed by atoms with E-state index in [0.717, 1.165) is 49.7 Å². The summed E-state index contributed by atoms with van der Waals surface area (Å²) < 4.78 is 75.6. The fourth-order valence-corrected chi connectivity index (χ4v) is 6.08. The first-order valence-electron chi connectivity index (χ1n) is 16.9. The standard InChI is InChI=1S/2C19H24O5S.Ca/c2*1-2-3-4-5-6-7-15-8-9-16(20)14-19(15)24-17-10-12-18(13-11-17)25(21,22)23;/h2*8-14,20H,2-7H2,1H3,(H,21,22,23);/q;;+2/p-2. The molecule has 4 rings (SSSR count). The van der Waals surface area contributed by atoms with E-state index in [-0.39, 0.29) is 59.0 Å². The van der Waals surface area contributed by atoms with Crippen molar-refractivity contribution in [2.24, 2.45) is 0 Å². The molecule has 0 aliphatic carbocycles. The second kappa shape index (κ2) is 22.3. The smallest absolute Gasteiger partial charge is 0.872 e. The van der Waals surface area contributed by atoms with Crippen LogP contribution in [0.3, 0.4) is 0 Å². The number of phenolic OH excluding ortho intramolecular Hbond substituents is 1. The Kier molecular flexibility index (Phi) is 19.4. The quantitative estimate of drug-likeness (QED) is 0.0568. The molecule has 0 unspecified atom stereocenters. The SMILES string of the molecule is CCCCCCCc1ccc(O)cc1Oc1ccc(S(=O)(=O)O)cc1.CCCCCCCc1ccc([O-])cc1Oc1ccc(S(=O)(=O)[O-])cc1.[Ca+2]. The molecule has 0 amide bonds. The molecule has 0 saturated carbocycles. The Labute approximate surface area is 332 Å². The van der Waals surface area contributed by atoms with Crippen molar-refractivity contribution in [3.05, 3.63) is 96.1 Å². The Morgan fingerprint density at radius 2 is 1.02 bits per heavy atom. The largest absolute Gasteiger partial charge is 2.00 e. The van der Waals surface area contributed by atoms with Crippen molar-refractivity contribution in [3.63, 3.8) is 0 Å². The van der Waals surface area contributed by atoms with Crippen LogP contribution in [-0.4, -0.2) is 68.8 Å². The van der Waals surface area contributed by atoms with Crippen LogP contribution in [0.2, 0.25) is 0 Å². The Balaban J connectivity index is 0.000000347. The number of hydrogen-bond donors (Lipinski definition) is 2. The molecule has 4 aromatic rings. The molecule has 0 aliphatic heterocycles. The predicted octanol–water partition coefficient (Wildman–Crippen LogP) is 8.53. The van der Waals surface area contributed by atoms with Crippen molar-refractivity contribution in [2.45, 2.75) is 101 Å². The monoisotopic (exact) mass is 766 g/mol. The molecule has 0 atom stereocenters. The normalized spacial score (nSPS) is 11.2. The molecule has 4 aromatic carbocycles. The summed E-state index contributed by atoms with van der Waals surface area (Å²) in [6.45, 7) is 4.35. The number of aromatic hydroxyl groups is 1. The molecule has 0 aromatic heterocycles. The fourth-order valence-electron chi connectivity index (χ4n) is 5.13. The summed E-state index contributed by atoms with van der Waals surface area (Å²) in [4.78, 5) is -0.500. The topological polar surface area (TPSA) is 173 Å². The summed E-state index contributed by atoms with van der Waals surface area (Å²) in [7, 11) is -8.71. The molecule has 0 aliphatic rings. The summed E-state index contributed by atoms with van der Waals surface area (Å²) in [6, 6.07) is 20.5. The average Bonchev–Trinajstić information content (AvgIpc) is 3.06. The van der Waals surface area contributed by atoms with Crippen molar-refractivity contribution in [2.75, 3.05) is 0 Å². The van der Waals surface area contributed by atoms with Crippen molar-refractivity contribution in [1.82, 2.24) is 0 Å². The molecule has 0 bridgehead atoms. The zero-order valence-corrected chi connectivity index (χ0v) is 33.1. The van der Waals surface area contributed by atoms with Gasteiger partial charge in [0.15, 0.2) is 0 Å². The first-order chi connectivity index (χ1) is 23.8. The van der Waals surface area contributed by atoms with Crippen molar-refractivity contribution < 1.29 is 45.6 Å². The Hall–Kier alpha value is -2.84. The number of ether oxygens (including phenoxy) is 2. The third-order valence-corrected chi connectivity index (χ3v) is 9.60. The number of unbranched alkanes of at least 4 members (excludes halogenated alkanes) is 8. The minimum absolute atomic E-state index is 0. The molecule has 0 fully saturated rings. The number of hydrogen-bond acceptors (Lipinski definition) is 9. The molecular weight excluding hydrogens is 721 g/mol. The second-order valence-corrected chi connectivity index (χ2v) is 14.8. The van der Waals surface area contributed by atoms with Crippen LogP contribution in [-0.2, 0) is 33.1 Å². The minimum atomic E-state index is -4.48. The predicted molar refractivity (Wildman–Crippen MR) is 195 cm³/mol. The van der Waals surface area contributed by atoms with E-state index in [1.807, 2.05) is 6.07 Å². The van der Waals surface area contributed by atoms with Gasteiger partial charge in [0.05, 0.1) is 9.79 Å². The molecule has 10 nitrogen and oxygen atoms in total. The number of benzene rings is 4. The summed E-state index contributed by atoms with van der Waals surface area (Å²) in [5.74, 6) is 1.80. The summed E-state index contributed by atoms with van der Waals surface area (Å²) in [6.07, 6.45) is 13.2. The molecule has 51 heavy (non-hydrogen) atoms. The molecule has 272 valence electrons. The van der Waals surface area contributed by atoms with Gasteiger partial charge in [0.2, 0.25) is 0 Å². The van der Waals surface area contributed by atoms with Gasteiger partial charge in [-0.15, -0.1) is 5.75 Å². The van der Waals surface area contributed by atoms with Crippen molar-refractivity contribution in [1.29, 1.82) is 0 Å². The summed E-state index contributed by atoms with van der Waals surface area (Å²) >= 11 is 0. The minimum Gasteiger partial charge on any atom is -0.872 e. The van der Waals surface area contributed by atoms with Gasteiger partial charge in [0.1, 0.15) is 38.9 Å². The molecule has 13 heteroatoms. The summed E-state index contributed by atoms with van der Waals surface area (Å²) in [5, 5.41) is 21.3. The van der Waals surface area contributed by atoms with Gasteiger partial charge < -0.3 is 24.2 Å². The van der Waals surface area contributed by atoms with Crippen LogP contribution in [0.4, 0.5) is 0 Å². The van der Waals surface area contributed by atoms with E-state index in [9.17, 15) is 31.6 Å². The van der Waals surface area contributed by atoms with Gasteiger partial charge >= 0.3 is 37.7 Å². The van der Waals surface area contributed by atoms with Gasteiger partial charge in [-0.2, -0.15) is 8.42 Å². The van der Waals surface area contributed by atoms with Crippen molar-refractivity contribution >= 4 is 58.0 Å². The number of phenols is 1. The zero-order chi connectivity index (χ0) is 36.6. The average molecular weight is 767 g/mol. The van der Waals surface area contributed by atoms with E-state index < -0.39 is 20.2 Å². The van der Waals surface area contributed by atoms with Crippen LogP contribution in [0, 0.1) is 0 Å². The van der Waals surface area contributed by atoms with Crippen molar-refractivity contribution in [3.8, 4) is 34.5 Å². The van der Waals surface area contributed by atoms with E-state index >= 15 is 0 Å². The third-order valence-electron chi connectivity index (χ3n) is 7.88. The molecule has 0 radical (unpaired) electrons. The first-order valence-corrected chi connectivity index (χ1v) is 19.8. The maximum absolute atomic E-state index is 11.6. The molecular formula is C38H46CaO10S2. The van der Waals surface area contributed by atoms with Crippen LogP contribution >= 0.6 is 0 Å². The maximum atomic E-state index is 11.6. The van der Waals surface area contributed by atoms with Gasteiger partial charge in [-0.1, -0.05) is 83.4 Å². The van der Waals surface area contributed by atoms with Crippen LogP contribution in [0.5, 0.6) is 34.5 Å². The van der Waals surface area contributed by atoms with Gasteiger partial charge in [-0.05, 0) is 97.5 Å². The molecule has 0 heterocycles. The fraction of sp³-hybridized carbons (Fsp3) is 0.368. The van der Waals surface area contributed by atoms with Gasteiger partial charge in [0.25, 0.3) is 10.1 Å². The van der Waals surface area contributed by atoms with Crippen LogP contribution in [0.15, 0.2) is 94.7 Å². The first kappa shape index (κ1) is 44.3. The Bertz CT molecular complexity index is 1710. The van der Waals surface area contributed by atoms with E-state index in [1.54, 1.807) is 18.2 Å². The molecule has 2 N–H and O–H groups in total. The molecule has 0 saturated heterocycles. The second-order valence-electron chi connectivity index (χ2n) is 12.0. The number of rotatable bonds is 18. The zero-order valence-electron chi connectivity index (χ0n) is 29.3. The number of aryl methyl sites for hydroxylation is 2. The maximum Gasteiger partial charge on any atom is 2.00 e. The van der Waals surface area contributed by atoms with E-state index in [2.05, 4.69) is 13.8 Å². The third kappa shape index (κ3) is 16.2. The Morgan fingerprint density at radius 1 is 0.588 bits per heavy atom. The van der Waals surface area contributed by atoms with Crippen LogP contribution in [0.25, 0.3) is 0 Å². The van der Waals surface area contributed by atoms with Crippen LogP contribution < -0.4 is 14.6 Å².